The lowest BCUT2D eigenvalue weighted by atomic mass is 10.2. The second kappa shape index (κ2) is 7.49. The maximum absolute atomic E-state index is 9.08. The van der Waals surface area contributed by atoms with Gasteiger partial charge in [-0.3, -0.25) is 0 Å². The first-order valence-corrected chi connectivity index (χ1v) is 5.24. The first-order chi connectivity index (χ1) is 7.09. The van der Waals surface area contributed by atoms with Crippen LogP contribution >= 0.6 is 12.4 Å². The lowest BCUT2D eigenvalue weighted by molar-refractivity contribution is 0.191. The SMILES string of the molecule is CC(O)CNCc1ccc(N(C)C)cc1.Cl. The van der Waals surface area contributed by atoms with E-state index in [4.69, 9.17) is 5.11 Å². The standard InChI is InChI=1S/C12H20N2O.ClH/c1-10(15)8-13-9-11-4-6-12(7-5-11)14(2)3;/h4-7,10,13,15H,8-9H2,1-3H3;1H. The predicted octanol–water partition coefficient (Wildman–Crippen LogP) is 1.64. The summed E-state index contributed by atoms with van der Waals surface area (Å²) in [6.45, 7) is 3.22. The number of hydrogen-bond acceptors (Lipinski definition) is 3. The molecule has 1 rings (SSSR count). The normalized spacial score (nSPS) is 11.8. The molecule has 1 unspecified atom stereocenters. The molecule has 2 N–H and O–H groups in total. The average Bonchev–Trinajstić information content (AvgIpc) is 2.18. The van der Waals surface area contributed by atoms with Gasteiger partial charge in [-0.15, -0.1) is 12.4 Å². The van der Waals surface area contributed by atoms with Crippen molar-refractivity contribution in [1.82, 2.24) is 5.32 Å². The van der Waals surface area contributed by atoms with Crippen LogP contribution in [0.5, 0.6) is 0 Å². The molecule has 0 heterocycles. The Kier molecular flexibility index (Phi) is 7.13. The largest absolute Gasteiger partial charge is 0.392 e. The quantitative estimate of drug-likeness (QED) is 0.827. The number of anilines is 1. The Labute approximate surface area is 104 Å². The molecule has 3 nitrogen and oxygen atoms in total. The highest BCUT2D eigenvalue weighted by Crippen LogP contribution is 2.11. The van der Waals surface area contributed by atoms with Crippen LogP contribution in [0.25, 0.3) is 0 Å². The summed E-state index contributed by atoms with van der Waals surface area (Å²) in [7, 11) is 4.06. The Balaban J connectivity index is 0.00000225. The minimum absolute atomic E-state index is 0. The average molecular weight is 245 g/mol. The molecule has 0 spiro atoms. The van der Waals surface area contributed by atoms with Gasteiger partial charge in [-0.2, -0.15) is 0 Å². The highest BCUT2D eigenvalue weighted by molar-refractivity contribution is 5.85. The Morgan fingerprint density at radius 1 is 1.25 bits per heavy atom. The summed E-state index contributed by atoms with van der Waals surface area (Å²) in [6.07, 6.45) is -0.286. The summed E-state index contributed by atoms with van der Waals surface area (Å²) in [4.78, 5) is 2.08. The molecule has 0 amide bonds. The van der Waals surface area contributed by atoms with Gasteiger partial charge in [0.05, 0.1) is 6.10 Å². The van der Waals surface area contributed by atoms with E-state index in [-0.39, 0.29) is 18.5 Å². The van der Waals surface area contributed by atoms with E-state index in [1.54, 1.807) is 6.92 Å². The Morgan fingerprint density at radius 3 is 2.25 bits per heavy atom. The molecule has 92 valence electrons. The maximum atomic E-state index is 9.08. The third-order valence-electron chi connectivity index (χ3n) is 2.22. The van der Waals surface area contributed by atoms with E-state index >= 15 is 0 Å². The Bertz CT molecular complexity index is 286. The van der Waals surface area contributed by atoms with Crippen LogP contribution in [0.2, 0.25) is 0 Å². The van der Waals surface area contributed by atoms with Crippen molar-refractivity contribution in [2.75, 3.05) is 25.5 Å². The third kappa shape index (κ3) is 5.35. The van der Waals surface area contributed by atoms with E-state index in [1.165, 1.54) is 11.3 Å². The van der Waals surface area contributed by atoms with Gasteiger partial charge < -0.3 is 15.3 Å². The third-order valence-corrected chi connectivity index (χ3v) is 2.22. The van der Waals surface area contributed by atoms with E-state index in [0.29, 0.717) is 6.54 Å². The topological polar surface area (TPSA) is 35.5 Å². The van der Waals surface area contributed by atoms with E-state index < -0.39 is 0 Å². The number of halogens is 1. The monoisotopic (exact) mass is 244 g/mol. The highest BCUT2D eigenvalue weighted by Gasteiger charge is 1.97. The van der Waals surface area contributed by atoms with Crippen molar-refractivity contribution in [3.63, 3.8) is 0 Å². The lowest BCUT2D eigenvalue weighted by Gasteiger charge is -2.13. The first-order valence-electron chi connectivity index (χ1n) is 5.24. The van der Waals surface area contributed by atoms with Gasteiger partial charge >= 0.3 is 0 Å². The van der Waals surface area contributed by atoms with Crippen molar-refractivity contribution in [3.05, 3.63) is 29.8 Å². The minimum atomic E-state index is -0.286. The van der Waals surface area contributed by atoms with Gasteiger partial charge in [-0.05, 0) is 24.6 Å². The molecular weight excluding hydrogens is 224 g/mol. The molecule has 0 saturated heterocycles. The molecule has 0 saturated carbocycles. The molecule has 0 radical (unpaired) electrons. The molecule has 16 heavy (non-hydrogen) atoms. The van der Waals surface area contributed by atoms with Crippen molar-refractivity contribution in [3.8, 4) is 0 Å². The molecule has 0 aromatic heterocycles. The van der Waals surface area contributed by atoms with Crippen molar-refractivity contribution in [2.45, 2.75) is 19.6 Å². The smallest absolute Gasteiger partial charge is 0.0636 e. The van der Waals surface area contributed by atoms with Gasteiger partial charge in [0, 0.05) is 32.9 Å². The molecule has 0 aliphatic heterocycles. The van der Waals surface area contributed by atoms with E-state index in [2.05, 4.69) is 34.5 Å². The minimum Gasteiger partial charge on any atom is -0.392 e. The lowest BCUT2D eigenvalue weighted by Crippen LogP contribution is -2.23. The van der Waals surface area contributed by atoms with Crippen molar-refractivity contribution < 1.29 is 5.11 Å². The fourth-order valence-corrected chi connectivity index (χ4v) is 1.34. The first kappa shape index (κ1) is 15.2. The number of aliphatic hydroxyl groups excluding tert-OH is 1. The van der Waals surface area contributed by atoms with Gasteiger partial charge in [-0.25, -0.2) is 0 Å². The van der Waals surface area contributed by atoms with Crippen molar-refractivity contribution in [1.29, 1.82) is 0 Å². The summed E-state index contributed by atoms with van der Waals surface area (Å²) >= 11 is 0. The number of benzene rings is 1. The zero-order chi connectivity index (χ0) is 11.3. The molecule has 1 aromatic rings. The Morgan fingerprint density at radius 2 is 1.81 bits per heavy atom. The molecule has 4 heteroatoms. The number of rotatable bonds is 5. The molecule has 1 atom stereocenters. The summed E-state index contributed by atoms with van der Waals surface area (Å²) in [6, 6.07) is 8.40. The van der Waals surface area contributed by atoms with Gasteiger partial charge in [0.15, 0.2) is 0 Å². The zero-order valence-electron chi connectivity index (χ0n) is 10.1. The second-order valence-electron chi connectivity index (χ2n) is 4.04. The van der Waals surface area contributed by atoms with Crippen LogP contribution in [0.1, 0.15) is 12.5 Å². The number of nitrogens with zero attached hydrogens (tertiary/aromatic N) is 1. The van der Waals surface area contributed by atoms with E-state index in [1.807, 2.05) is 14.1 Å². The van der Waals surface area contributed by atoms with E-state index in [0.717, 1.165) is 6.54 Å². The maximum Gasteiger partial charge on any atom is 0.0636 e. The van der Waals surface area contributed by atoms with Crippen LogP contribution in [0.15, 0.2) is 24.3 Å². The molecule has 0 bridgehead atoms. The molecule has 0 aliphatic rings. The van der Waals surface area contributed by atoms with Gasteiger partial charge in [0.25, 0.3) is 0 Å². The molecule has 1 aromatic carbocycles. The van der Waals surface area contributed by atoms with Gasteiger partial charge in [0.2, 0.25) is 0 Å². The highest BCUT2D eigenvalue weighted by atomic mass is 35.5. The van der Waals surface area contributed by atoms with Crippen LogP contribution in [0.3, 0.4) is 0 Å². The summed E-state index contributed by atoms with van der Waals surface area (Å²) in [5.74, 6) is 0. The number of nitrogens with one attached hydrogen (secondary N) is 1. The van der Waals surface area contributed by atoms with Gasteiger partial charge in [-0.1, -0.05) is 12.1 Å². The molecule has 0 aliphatic carbocycles. The number of aliphatic hydroxyl groups is 1. The second-order valence-corrected chi connectivity index (χ2v) is 4.04. The van der Waals surface area contributed by atoms with Crippen LogP contribution in [-0.2, 0) is 6.54 Å². The summed E-state index contributed by atoms with van der Waals surface area (Å²) < 4.78 is 0. The van der Waals surface area contributed by atoms with E-state index in [9.17, 15) is 0 Å². The van der Waals surface area contributed by atoms with Crippen LogP contribution in [0.4, 0.5) is 5.69 Å². The number of hydrogen-bond donors (Lipinski definition) is 2. The van der Waals surface area contributed by atoms with Crippen molar-refractivity contribution >= 4 is 18.1 Å². The summed E-state index contributed by atoms with van der Waals surface area (Å²) in [5, 5.41) is 12.3. The predicted molar refractivity (Wildman–Crippen MR) is 71.4 cm³/mol. The molecular formula is C12H21ClN2O. The van der Waals surface area contributed by atoms with Crippen LogP contribution < -0.4 is 10.2 Å². The fourth-order valence-electron chi connectivity index (χ4n) is 1.34. The van der Waals surface area contributed by atoms with Crippen molar-refractivity contribution in [2.24, 2.45) is 0 Å². The molecule has 0 fully saturated rings. The van der Waals surface area contributed by atoms with Gasteiger partial charge in [0.1, 0.15) is 0 Å². The van der Waals surface area contributed by atoms with Crippen LogP contribution in [-0.4, -0.2) is 31.9 Å². The Hall–Kier alpha value is -0.770. The summed E-state index contributed by atoms with van der Waals surface area (Å²) in [5.41, 5.74) is 2.44. The van der Waals surface area contributed by atoms with Crippen LogP contribution in [0, 0.1) is 0 Å². The fraction of sp³-hybridized carbons (Fsp3) is 0.500. The zero-order valence-corrected chi connectivity index (χ0v) is 10.9.